The van der Waals surface area contributed by atoms with Crippen molar-refractivity contribution in [2.75, 3.05) is 37.7 Å². The molecule has 2 radical (unpaired) electrons. The van der Waals surface area contributed by atoms with E-state index >= 15 is 8.78 Å². The first-order valence-corrected chi connectivity index (χ1v) is 17.5. The Morgan fingerprint density at radius 2 is 1.92 bits per heavy atom. The van der Waals surface area contributed by atoms with E-state index in [1.165, 1.54) is 24.4 Å². The number of hydrogen-bond acceptors (Lipinski definition) is 11. The average Bonchev–Trinajstić information content (AvgIpc) is 3.75. The fraction of sp³-hybridized carbons (Fsp3) is 0.528. The summed E-state index contributed by atoms with van der Waals surface area (Å²) in [7, 11) is 5.40. The first-order valence-electron chi connectivity index (χ1n) is 17.5. The predicted octanol–water partition coefficient (Wildman–Crippen LogP) is 3.88. The Hall–Kier alpha value is -3.69. The van der Waals surface area contributed by atoms with E-state index in [0.29, 0.717) is 60.1 Å². The molecule has 6 heterocycles. The molecule has 4 saturated heterocycles. The number of aromatic nitrogens is 3. The molecule has 11 nitrogen and oxygen atoms in total. The number of fused-ring (bicyclic) bond motifs is 5. The Kier molecular flexibility index (Phi) is 8.18. The number of ether oxygens (including phenoxy) is 2. The lowest BCUT2D eigenvalue weighted by atomic mass is 9.90. The third-order valence-electron chi connectivity index (χ3n) is 11.5. The van der Waals surface area contributed by atoms with Gasteiger partial charge in [-0.3, -0.25) is 9.88 Å². The van der Waals surface area contributed by atoms with Crippen LogP contribution in [0.5, 0.6) is 11.8 Å². The number of benzene rings is 2. The zero-order chi connectivity index (χ0) is 35.0. The third-order valence-corrected chi connectivity index (χ3v) is 11.5. The summed E-state index contributed by atoms with van der Waals surface area (Å²) in [5.74, 6) is -3.65. The van der Waals surface area contributed by atoms with Crippen molar-refractivity contribution >= 4 is 35.3 Å². The first-order chi connectivity index (χ1) is 23.9. The third kappa shape index (κ3) is 5.65. The van der Waals surface area contributed by atoms with Crippen LogP contribution in [0.3, 0.4) is 0 Å². The number of halogens is 2. The van der Waals surface area contributed by atoms with Gasteiger partial charge in [-0.05, 0) is 99.5 Å². The maximum absolute atomic E-state index is 17.1. The summed E-state index contributed by atoms with van der Waals surface area (Å²) in [6, 6.07) is 5.89. The van der Waals surface area contributed by atoms with Crippen molar-refractivity contribution < 1.29 is 33.6 Å². The minimum Gasteiger partial charge on any atom is -0.508 e. The Morgan fingerprint density at radius 1 is 1.14 bits per heavy atom. The molecule has 14 heteroatoms. The van der Waals surface area contributed by atoms with E-state index in [-0.39, 0.29) is 40.1 Å². The van der Waals surface area contributed by atoms with Crippen molar-refractivity contribution in [1.29, 1.82) is 0 Å². The molecular formula is C36H41BF2N6O5. The van der Waals surface area contributed by atoms with Crippen molar-refractivity contribution in [3.05, 3.63) is 47.7 Å². The summed E-state index contributed by atoms with van der Waals surface area (Å²) in [6.45, 7) is 6.83. The number of piperazine rings is 1. The molecule has 4 aliphatic rings. The number of rotatable bonds is 9. The normalized spacial score (nSPS) is 24.0. The van der Waals surface area contributed by atoms with E-state index in [1.54, 1.807) is 13.0 Å². The van der Waals surface area contributed by atoms with Crippen LogP contribution in [0.25, 0.3) is 32.9 Å². The number of hydrogen-bond donors (Lipinski definition) is 4. The Morgan fingerprint density at radius 3 is 2.66 bits per heavy atom. The molecule has 3 atom stereocenters. The zero-order valence-corrected chi connectivity index (χ0v) is 28.3. The molecule has 0 saturated carbocycles. The molecule has 4 fully saturated rings. The van der Waals surface area contributed by atoms with Gasteiger partial charge >= 0.3 is 6.01 Å². The molecule has 3 unspecified atom stereocenters. The second-order valence-corrected chi connectivity index (χ2v) is 14.5. The number of anilines is 1. The number of phenolic OH excluding ortho intramolecular Hbond substituents is 1. The summed E-state index contributed by atoms with van der Waals surface area (Å²) < 4.78 is 43.9. The number of nitrogens with zero attached hydrogens (tertiary/aromatic N) is 5. The topological polar surface area (TPSA) is 136 Å². The molecule has 50 heavy (non-hydrogen) atoms. The van der Waals surface area contributed by atoms with Gasteiger partial charge in [0.15, 0.2) is 13.7 Å². The van der Waals surface area contributed by atoms with Gasteiger partial charge in [0.25, 0.3) is 0 Å². The maximum Gasteiger partial charge on any atom is 0.319 e. The minimum atomic E-state index is -2.81. The van der Waals surface area contributed by atoms with E-state index in [4.69, 9.17) is 22.3 Å². The van der Waals surface area contributed by atoms with E-state index in [2.05, 4.69) is 20.2 Å². The van der Waals surface area contributed by atoms with Gasteiger partial charge in [-0.2, -0.15) is 9.97 Å². The highest BCUT2D eigenvalue weighted by Crippen LogP contribution is 2.43. The van der Waals surface area contributed by atoms with Gasteiger partial charge in [-0.25, -0.2) is 8.78 Å². The van der Waals surface area contributed by atoms with Gasteiger partial charge in [0.05, 0.1) is 22.6 Å². The number of phenols is 1. The van der Waals surface area contributed by atoms with Gasteiger partial charge in [0.1, 0.15) is 35.2 Å². The highest BCUT2D eigenvalue weighted by Gasteiger charge is 2.50. The molecule has 8 rings (SSSR count). The fourth-order valence-electron chi connectivity index (χ4n) is 9.11. The number of nitrogens with one attached hydrogen (secondary N) is 1. The van der Waals surface area contributed by atoms with Crippen LogP contribution in [0, 0.1) is 11.6 Å². The fourth-order valence-corrected chi connectivity index (χ4v) is 9.11. The van der Waals surface area contributed by atoms with Crippen molar-refractivity contribution in [2.45, 2.75) is 87.9 Å². The molecule has 4 aromatic rings. The summed E-state index contributed by atoms with van der Waals surface area (Å²) in [6.07, 6.45) is 6.83. The average molecular weight is 687 g/mol. The highest BCUT2D eigenvalue weighted by molar-refractivity contribution is 6.11. The molecule has 0 amide bonds. The van der Waals surface area contributed by atoms with Crippen molar-refractivity contribution in [3.8, 4) is 23.0 Å². The summed E-state index contributed by atoms with van der Waals surface area (Å²) in [5.41, 5.74) is -0.242. The van der Waals surface area contributed by atoms with Crippen LogP contribution < -0.4 is 15.0 Å². The maximum atomic E-state index is 17.1. The minimum absolute atomic E-state index is 0.0101. The van der Waals surface area contributed by atoms with Crippen LogP contribution in [0.2, 0.25) is 0 Å². The van der Waals surface area contributed by atoms with Crippen molar-refractivity contribution in [2.24, 2.45) is 0 Å². The summed E-state index contributed by atoms with van der Waals surface area (Å²) in [4.78, 5) is 18.6. The summed E-state index contributed by atoms with van der Waals surface area (Å²) >= 11 is 0. The van der Waals surface area contributed by atoms with Gasteiger partial charge in [0, 0.05) is 30.9 Å². The smallest absolute Gasteiger partial charge is 0.319 e. The van der Waals surface area contributed by atoms with Crippen molar-refractivity contribution in [3.63, 3.8) is 0 Å². The molecule has 4 aliphatic heterocycles. The predicted molar refractivity (Wildman–Crippen MR) is 184 cm³/mol. The van der Waals surface area contributed by atoms with Crippen LogP contribution in [-0.4, -0.2) is 105 Å². The SMILES string of the molecule is [B]C(O)(O)OC(C)C12CCC(CN(c3nc(OCC45CCCN4CCC5)nc4c(F)c(-c5cc(O)cc6ccc(F)c(CC)c56)ncc34)C1)N2. The molecule has 2 bridgehead atoms. The number of aromatic hydroxyl groups is 1. The molecule has 0 spiro atoms. The van der Waals surface area contributed by atoms with Gasteiger partial charge in [-0.1, -0.05) is 13.0 Å². The van der Waals surface area contributed by atoms with Crippen LogP contribution in [-0.2, 0) is 11.2 Å². The quantitative estimate of drug-likeness (QED) is 0.151. The number of pyridine rings is 1. The van der Waals surface area contributed by atoms with E-state index in [0.717, 1.165) is 45.2 Å². The lowest BCUT2D eigenvalue weighted by Crippen LogP contribution is -2.66. The highest BCUT2D eigenvalue weighted by atomic mass is 19.1. The Balaban J connectivity index is 1.26. The van der Waals surface area contributed by atoms with Gasteiger partial charge in [-0.15, -0.1) is 0 Å². The van der Waals surface area contributed by atoms with Crippen LogP contribution in [0.1, 0.15) is 57.9 Å². The number of aliphatic hydroxyl groups is 2. The van der Waals surface area contributed by atoms with Crippen molar-refractivity contribution in [1.82, 2.24) is 25.2 Å². The van der Waals surface area contributed by atoms with E-state index in [9.17, 15) is 15.3 Å². The monoisotopic (exact) mass is 686 g/mol. The van der Waals surface area contributed by atoms with Gasteiger partial charge < -0.3 is 35.0 Å². The van der Waals surface area contributed by atoms with Crippen LogP contribution in [0.4, 0.5) is 14.6 Å². The molecule has 2 aromatic heterocycles. The Labute approximate surface area is 290 Å². The molecule has 4 N–H and O–H groups in total. The van der Waals surface area contributed by atoms with Crippen LogP contribution in [0.15, 0.2) is 30.5 Å². The molecule has 262 valence electrons. The standard InChI is InChI=1S/C36H41BF2N6O5/c1-3-24-27(38)7-6-21-14-23(46)15-25(28(21)24)30-29(39)31-26(16-40-30)32(42-33(41-31)49-19-34-9-4-12-45(34)13-5-10-34)44-17-22-8-11-35(18-44,43-22)20(2)50-36(37,47)48/h6-7,14-16,20,22,43,46-48H,3-5,8-13,17-19H2,1-2H3. The molecule has 0 aliphatic carbocycles. The van der Waals surface area contributed by atoms with Gasteiger partial charge in [0.2, 0.25) is 5.87 Å². The zero-order valence-electron chi connectivity index (χ0n) is 28.3. The van der Waals surface area contributed by atoms with E-state index < -0.39 is 29.1 Å². The van der Waals surface area contributed by atoms with Crippen LogP contribution >= 0.6 is 0 Å². The largest absolute Gasteiger partial charge is 0.508 e. The number of aryl methyl sites for hydroxylation is 1. The lowest BCUT2D eigenvalue weighted by Gasteiger charge is -2.46. The first kappa shape index (κ1) is 33.5. The summed E-state index contributed by atoms with van der Waals surface area (Å²) in [5, 5.41) is 35.3. The molecular weight excluding hydrogens is 645 g/mol. The second kappa shape index (κ2) is 12.2. The van der Waals surface area contributed by atoms with E-state index in [1.807, 2.05) is 11.8 Å². The second-order valence-electron chi connectivity index (χ2n) is 14.5. The molecule has 2 aromatic carbocycles. The lowest BCUT2D eigenvalue weighted by molar-refractivity contribution is -0.301. The Bertz CT molecular complexity index is 1970.